The number of ether oxygens (including phenoxy) is 1. The van der Waals surface area contributed by atoms with Gasteiger partial charge in [-0.1, -0.05) is 103 Å². The number of benzene rings is 3. The van der Waals surface area contributed by atoms with E-state index in [1.165, 1.54) is 4.90 Å². The molecule has 3 heterocycles. The van der Waals surface area contributed by atoms with Crippen molar-refractivity contribution in [3.8, 4) is 0 Å². The first-order valence-electron chi connectivity index (χ1n) is 17.0. The summed E-state index contributed by atoms with van der Waals surface area (Å²) in [6.45, 7) is 12.0. The topological polar surface area (TPSA) is 90.4 Å². The second-order valence-corrected chi connectivity index (χ2v) is 13.7. The monoisotopic (exact) mass is 681 g/mol. The average Bonchev–Trinajstić information content (AvgIpc) is 3.72. The highest BCUT2D eigenvalue weighted by atomic mass is 35.5. The summed E-state index contributed by atoms with van der Waals surface area (Å²) in [5.74, 6) is -2.76. The van der Waals surface area contributed by atoms with Gasteiger partial charge in [-0.2, -0.15) is 0 Å². The molecule has 6 rings (SSSR count). The molecular weight excluding hydrogens is 638 g/mol. The minimum Gasteiger partial charge on any atom is -0.394 e. The third kappa shape index (κ3) is 5.69. The van der Waals surface area contributed by atoms with Crippen molar-refractivity contribution < 1.29 is 24.2 Å². The molecule has 3 aromatic carbocycles. The third-order valence-corrected chi connectivity index (χ3v) is 11.0. The molecule has 3 saturated heterocycles. The molecule has 2 unspecified atom stereocenters. The highest BCUT2D eigenvalue weighted by Gasteiger charge is 2.79. The van der Waals surface area contributed by atoms with Crippen LogP contribution in [0.5, 0.6) is 0 Å². The minimum absolute atomic E-state index is 0.128. The van der Waals surface area contributed by atoms with Gasteiger partial charge in [-0.25, -0.2) is 0 Å². The summed E-state index contributed by atoms with van der Waals surface area (Å²) in [6.07, 6.45) is 4.72. The van der Waals surface area contributed by atoms with Crippen molar-refractivity contribution in [2.24, 2.45) is 11.8 Å². The van der Waals surface area contributed by atoms with Crippen molar-refractivity contribution >= 4 is 35.0 Å². The third-order valence-electron chi connectivity index (χ3n) is 10.7. The Morgan fingerprint density at radius 1 is 1.00 bits per heavy atom. The Morgan fingerprint density at radius 2 is 1.67 bits per heavy atom. The standard InChI is InChI=1S/C40H44ClN3O5/c1-5-23-42(25-28-16-10-8-11-17-28)36(46)32-33-37(47)44(31(26-45)29-18-12-9-13-19-29)35(40(33)22-21-39(32,7-3)49-40)38(48)43(24-6-2)34-27(4)15-14-20-30(34)41/h5-6,8-20,31-33,35,45H,1-2,7,21-26H2,3-4H3/t31-,32-,33+,35?,39+,40?/m1/s1. The predicted octanol–water partition coefficient (Wildman–Crippen LogP) is 6.27. The number of fused-ring (bicyclic) bond motifs is 1. The Morgan fingerprint density at radius 3 is 2.29 bits per heavy atom. The molecule has 3 aromatic rings. The first kappa shape index (κ1) is 34.6. The number of aliphatic hydroxyl groups excluding tert-OH is 1. The van der Waals surface area contributed by atoms with Crippen LogP contribution in [-0.4, -0.2) is 69.6 Å². The SMILES string of the molecule is C=CCN(Cc1ccccc1)C(=O)[C@H]1[C@H]2C(=O)N([C@H](CO)c3ccccc3)C(C(=O)N(CC=C)c3c(C)cccc3Cl)C23CC[C@]1(CC)O3. The number of nitrogens with zero attached hydrogens (tertiary/aromatic N) is 3. The fourth-order valence-electron chi connectivity index (χ4n) is 8.60. The molecule has 0 aliphatic carbocycles. The first-order chi connectivity index (χ1) is 23.7. The number of halogens is 1. The van der Waals surface area contributed by atoms with Gasteiger partial charge in [0.1, 0.15) is 11.6 Å². The average molecular weight is 682 g/mol. The lowest BCUT2D eigenvalue weighted by Gasteiger charge is -2.40. The molecule has 1 spiro atoms. The maximum absolute atomic E-state index is 15.3. The number of rotatable bonds is 13. The molecule has 3 aliphatic rings. The molecule has 0 radical (unpaired) electrons. The van der Waals surface area contributed by atoms with E-state index in [2.05, 4.69) is 13.2 Å². The number of carbonyl (C=O) groups excluding carboxylic acids is 3. The molecule has 0 saturated carbocycles. The minimum atomic E-state index is -1.31. The summed E-state index contributed by atoms with van der Waals surface area (Å²) in [5, 5.41) is 11.3. The van der Waals surface area contributed by atoms with E-state index in [-0.39, 0.29) is 24.9 Å². The fraction of sp³-hybridized carbons (Fsp3) is 0.375. The van der Waals surface area contributed by atoms with E-state index in [4.69, 9.17) is 16.3 Å². The van der Waals surface area contributed by atoms with Gasteiger partial charge in [-0.3, -0.25) is 14.4 Å². The highest BCUT2D eigenvalue weighted by molar-refractivity contribution is 6.34. The van der Waals surface area contributed by atoms with Gasteiger partial charge in [0.25, 0.3) is 5.91 Å². The molecule has 256 valence electrons. The van der Waals surface area contributed by atoms with Crippen molar-refractivity contribution in [2.45, 2.75) is 62.9 Å². The smallest absolute Gasteiger partial charge is 0.253 e. The highest BCUT2D eigenvalue weighted by Crippen LogP contribution is 2.65. The molecule has 3 amide bonds. The number of aryl methyl sites for hydroxylation is 1. The predicted molar refractivity (Wildman–Crippen MR) is 191 cm³/mol. The van der Waals surface area contributed by atoms with Gasteiger partial charge in [0.05, 0.1) is 40.8 Å². The number of aliphatic hydroxyl groups is 1. The van der Waals surface area contributed by atoms with Crippen molar-refractivity contribution in [3.05, 3.63) is 126 Å². The van der Waals surface area contributed by atoms with E-state index in [9.17, 15) is 9.90 Å². The quantitative estimate of drug-likeness (QED) is 0.215. The summed E-state index contributed by atoms with van der Waals surface area (Å²) < 4.78 is 7.10. The van der Waals surface area contributed by atoms with Crippen LogP contribution in [0.4, 0.5) is 5.69 Å². The zero-order chi connectivity index (χ0) is 34.9. The van der Waals surface area contributed by atoms with Crippen LogP contribution in [-0.2, 0) is 25.7 Å². The maximum Gasteiger partial charge on any atom is 0.253 e. The molecule has 3 aliphatic heterocycles. The normalized spacial score (nSPS) is 25.9. The van der Waals surface area contributed by atoms with Crippen LogP contribution in [0, 0.1) is 18.8 Å². The van der Waals surface area contributed by atoms with Gasteiger partial charge in [0.2, 0.25) is 11.8 Å². The molecule has 1 N–H and O–H groups in total. The number of carbonyl (C=O) groups is 3. The second kappa shape index (κ2) is 13.9. The van der Waals surface area contributed by atoms with E-state index in [1.807, 2.05) is 86.6 Å². The van der Waals surface area contributed by atoms with Crippen LogP contribution < -0.4 is 4.90 Å². The zero-order valence-electron chi connectivity index (χ0n) is 28.1. The Labute approximate surface area is 293 Å². The lowest BCUT2D eigenvalue weighted by atomic mass is 9.64. The molecule has 3 fully saturated rings. The van der Waals surface area contributed by atoms with Gasteiger partial charge in [-0.05, 0) is 48.9 Å². The number of para-hydroxylation sites is 1. The van der Waals surface area contributed by atoms with Crippen LogP contribution in [0.15, 0.2) is 104 Å². The molecule has 0 aromatic heterocycles. The lowest BCUT2D eigenvalue weighted by Crippen LogP contribution is -2.57. The van der Waals surface area contributed by atoms with E-state index >= 15 is 9.59 Å². The molecular formula is C40H44ClN3O5. The largest absolute Gasteiger partial charge is 0.394 e. The van der Waals surface area contributed by atoms with Crippen LogP contribution in [0.1, 0.15) is 48.9 Å². The summed E-state index contributed by atoms with van der Waals surface area (Å²) in [6, 6.07) is 22.3. The van der Waals surface area contributed by atoms with Crippen molar-refractivity contribution in [1.29, 1.82) is 0 Å². The van der Waals surface area contributed by atoms with Crippen molar-refractivity contribution in [1.82, 2.24) is 9.80 Å². The van der Waals surface area contributed by atoms with E-state index in [0.717, 1.165) is 11.1 Å². The van der Waals surface area contributed by atoms with Crippen LogP contribution >= 0.6 is 11.6 Å². The van der Waals surface area contributed by atoms with Crippen molar-refractivity contribution in [3.63, 3.8) is 0 Å². The molecule has 49 heavy (non-hydrogen) atoms. The van der Waals surface area contributed by atoms with Gasteiger partial charge in [-0.15, -0.1) is 13.2 Å². The van der Waals surface area contributed by atoms with Gasteiger partial charge < -0.3 is 24.5 Å². The summed E-state index contributed by atoms with van der Waals surface area (Å²) in [4.78, 5) is 50.1. The first-order valence-corrected chi connectivity index (χ1v) is 17.3. The summed E-state index contributed by atoms with van der Waals surface area (Å²) in [5.41, 5.74) is 0.680. The summed E-state index contributed by atoms with van der Waals surface area (Å²) >= 11 is 6.75. The zero-order valence-corrected chi connectivity index (χ0v) is 28.9. The summed E-state index contributed by atoms with van der Waals surface area (Å²) in [7, 11) is 0. The van der Waals surface area contributed by atoms with Crippen molar-refractivity contribution in [2.75, 3.05) is 24.6 Å². The van der Waals surface area contributed by atoms with Crippen LogP contribution in [0.25, 0.3) is 0 Å². The lowest BCUT2D eigenvalue weighted by molar-refractivity contribution is -0.154. The molecule has 9 heteroatoms. The van der Waals surface area contributed by atoms with Gasteiger partial charge >= 0.3 is 0 Å². The maximum atomic E-state index is 15.3. The molecule has 8 nitrogen and oxygen atoms in total. The Bertz CT molecular complexity index is 1710. The number of likely N-dealkylation sites (tertiary alicyclic amines) is 1. The van der Waals surface area contributed by atoms with E-state index in [0.29, 0.717) is 42.1 Å². The number of hydrogen-bond acceptors (Lipinski definition) is 5. The number of anilines is 1. The number of hydrogen-bond donors (Lipinski definition) is 1. The van der Waals surface area contributed by atoms with E-state index in [1.54, 1.807) is 28.0 Å². The molecule has 6 atom stereocenters. The fourth-order valence-corrected chi connectivity index (χ4v) is 8.92. The van der Waals surface area contributed by atoms with Gasteiger partial charge in [0.15, 0.2) is 0 Å². The van der Waals surface area contributed by atoms with Gasteiger partial charge in [0, 0.05) is 19.6 Å². The second-order valence-electron chi connectivity index (χ2n) is 13.3. The van der Waals surface area contributed by atoms with Crippen LogP contribution in [0.2, 0.25) is 5.02 Å². The van der Waals surface area contributed by atoms with E-state index < -0.39 is 47.6 Å². The Hall–Kier alpha value is -4.24. The number of amides is 3. The Kier molecular flexibility index (Phi) is 9.85. The van der Waals surface area contributed by atoms with Crippen LogP contribution in [0.3, 0.4) is 0 Å². The molecule has 2 bridgehead atoms. The Balaban J connectivity index is 1.51.